The minimum atomic E-state index is 0.834. The molecule has 0 unspecified atom stereocenters. The number of rotatable bonds is 3. The topological polar surface area (TPSA) is 47.1 Å². The Balaban J connectivity index is 2.05. The zero-order valence-electron chi connectivity index (χ0n) is 11.6. The molecule has 0 bridgehead atoms. The fraction of sp³-hybridized carbons (Fsp3) is 0.400. The van der Waals surface area contributed by atoms with Crippen LogP contribution in [0.4, 0.5) is 17.2 Å². The highest BCUT2D eigenvalue weighted by Gasteiger charge is 2.25. The number of nitrogens with zero attached hydrogens (tertiary/aromatic N) is 3. The van der Waals surface area contributed by atoms with Crippen molar-refractivity contribution in [2.75, 3.05) is 17.2 Å². The zero-order chi connectivity index (χ0) is 13.4. The van der Waals surface area contributed by atoms with Crippen molar-refractivity contribution in [1.82, 2.24) is 9.78 Å². The van der Waals surface area contributed by atoms with E-state index in [1.807, 2.05) is 11.7 Å². The Morgan fingerprint density at radius 1 is 1.32 bits per heavy atom. The van der Waals surface area contributed by atoms with Crippen molar-refractivity contribution < 1.29 is 0 Å². The van der Waals surface area contributed by atoms with Crippen LogP contribution >= 0.6 is 0 Å². The number of hydrogen-bond acceptors (Lipinski definition) is 3. The lowest BCUT2D eigenvalue weighted by molar-refractivity contribution is 0.724. The van der Waals surface area contributed by atoms with Gasteiger partial charge in [-0.2, -0.15) is 5.10 Å². The fourth-order valence-corrected chi connectivity index (χ4v) is 2.89. The van der Waals surface area contributed by atoms with Gasteiger partial charge in [0.2, 0.25) is 0 Å². The van der Waals surface area contributed by atoms with Gasteiger partial charge in [0, 0.05) is 19.3 Å². The average Bonchev–Trinajstić information content (AvgIpc) is 2.93. The first-order valence-electron chi connectivity index (χ1n) is 6.89. The first-order chi connectivity index (χ1) is 9.22. The summed E-state index contributed by atoms with van der Waals surface area (Å²) in [6.45, 7) is 3.13. The normalized spacial score (nSPS) is 13.9. The molecule has 100 valence electrons. The molecule has 2 aromatic rings. The Morgan fingerprint density at radius 3 is 2.89 bits per heavy atom. The SMILES string of the molecule is CCCc1nn(C)c(N2CCc3ccccc32)c1N. The Kier molecular flexibility index (Phi) is 2.93. The quantitative estimate of drug-likeness (QED) is 0.918. The Bertz CT molecular complexity index is 600. The molecule has 0 radical (unpaired) electrons. The minimum absolute atomic E-state index is 0.834. The maximum absolute atomic E-state index is 6.30. The molecule has 0 atom stereocenters. The molecule has 0 aliphatic carbocycles. The number of anilines is 3. The van der Waals surface area contributed by atoms with E-state index in [0.717, 1.165) is 43.0 Å². The number of nitrogen functional groups attached to an aromatic ring is 1. The highest BCUT2D eigenvalue weighted by molar-refractivity contribution is 5.77. The standard InChI is InChI=1S/C15H20N4/c1-3-6-12-14(16)15(18(2)17-12)19-10-9-11-7-4-5-8-13(11)19/h4-5,7-8H,3,6,9-10,16H2,1-2H3. The molecule has 19 heavy (non-hydrogen) atoms. The third kappa shape index (κ3) is 1.87. The fourth-order valence-electron chi connectivity index (χ4n) is 2.89. The van der Waals surface area contributed by atoms with Crippen molar-refractivity contribution in [3.8, 4) is 0 Å². The van der Waals surface area contributed by atoms with Crippen LogP contribution < -0.4 is 10.6 Å². The van der Waals surface area contributed by atoms with Gasteiger partial charge in [0.25, 0.3) is 0 Å². The largest absolute Gasteiger partial charge is 0.394 e. The zero-order valence-corrected chi connectivity index (χ0v) is 11.6. The molecule has 1 aliphatic heterocycles. The number of aromatic nitrogens is 2. The van der Waals surface area contributed by atoms with Gasteiger partial charge in [-0.15, -0.1) is 0 Å². The molecule has 1 aliphatic rings. The molecule has 0 fully saturated rings. The third-order valence-electron chi connectivity index (χ3n) is 3.76. The van der Waals surface area contributed by atoms with Gasteiger partial charge in [0.15, 0.2) is 5.82 Å². The van der Waals surface area contributed by atoms with Crippen molar-refractivity contribution in [3.63, 3.8) is 0 Å². The summed E-state index contributed by atoms with van der Waals surface area (Å²) in [6, 6.07) is 8.53. The summed E-state index contributed by atoms with van der Waals surface area (Å²) in [5.41, 5.74) is 10.8. The Hall–Kier alpha value is -1.97. The van der Waals surface area contributed by atoms with Crippen LogP contribution in [0.2, 0.25) is 0 Å². The monoisotopic (exact) mass is 256 g/mol. The van der Waals surface area contributed by atoms with E-state index in [0.29, 0.717) is 0 Å². The minimum Gasteiger partial charge on any atom is -0.394 e. The molecular formula is C15H20N4. The lowest BCUT2D eigenvalue weighted by Gasteiger charge is -2.20. The van der Waals surface area contributed by atoms with Crippen molar-refractivity contribution in [3.05, 3.63) is 35.5 Å². The van der Waals surface area contributed by atoms with Crippen LogP contribution in [0.1, 0.15) is 24.6 Å². The van der Waals surface area contributed by atoms with Crippen LogP contribution in [0.25, 0.3) is 0 Å². The van der Waals surface area contributed by atoms with Crippen molar-refractivity contribution in [2.45, 2.75) is 26.2 Å². The Morgan fingerprint density at radius 2 is 2.11 bits per heavy atom. The van der Waals surface area contributed by atoms with Gasteiger partial charge < -0.3 is 10.6 Å². The van der Waals surface area contributed by atoms with Crippen LogP contribution in [0.5, 0.6) is 0 Å². The highest BCUT2D eigenvalue weighted by atomic mass is 15.4. The van der Waals surface area contributed by atoms with E-state index in [4.69, 9.17) is 5.73 Å². The number of hydrogen-bond donors (Lipinski definition) is 1. The molecule has 4 nitrogen and oxygen atoms in total. The number of fused-ring (bicyclic) bond motifs is 1. The average molecular weight is 256 g/mol. The second-order valence-electron chi connectivity index (χ2n) is 5.09. The molecule has 0 spiro atoms. The van der Waals surface area contributed by atoms with Gasteiger partial charge in [0.05, 0.1) is 11.4 Å². The summed E-state index contributed by atoms with van der Waals surface area (Å²) in [5, 5.41) is 4.57. The van der Waals surface area contributed by atoms with E-state index in [1.54, 1.807) is 0 Å². The van der Waals surface area contributed by atoms with Crippen LogP contribution in [0, 0.1) is 0 Å². The molecule has 1 aromatic heterocycles. The second-order valence-corrected chi connectivity index (χ2v) is 5.09. The maximum Gasteiger partial charge on any atom is 0.154 e. The predicted molar refractivity (Wildman–Crippen MR) is 78.8 cm³/mol. The van der Waals surface area contributed by atoms with Crippen LogP contribution in [0.15, 0.2) is 24.3 Å². The lowest BCUT2D eigenvalue weighted by atomic mass is 10.2. The van der Waals surface area contributed by atoms with Gasteiger partial charge in [-0.1, -0.05) is 31.5 Å². The summed E-state index contributed by atoms with van der Waals surface area (Å²) in [4.78, 5) is 2.29. The van der Waals surface area contributed by atoms with Crippen molar-refractivity contribution in [2.24, 2.45) is 7.05 Å². The van der Waals surface area contributed by atoms with E-state index >= 15 is 0 Å². The number of nitrogens with two attached hydrogens (primary N) is 1. The van der Waals surface area contributed by atoms with E-state index < -0.39 is 0 Å². The molecule has 4 heteroatoms. The van der Waals surface area contributed by atoms with E-state index in [9.17, 15) is 0 Å². The number of aryl methyl sites for hydroxylation is 2. The molecule has 3 rings (SSSR count). The van der Waals surface area contributed by atoms with Gasteiger partial charge in [0.1, 0.15) is 0 Å². The maximum atomic E-state index is 6.30. The van der Waals surface area contributed by atoms with Gasteiger partial charge in [-0.25, -0.2) is 0 Å². The van der Waals surface area contributed by atoms with Crippen LogP contribution in [-0.2, 0) is 19.9 Å². The predicted octanol–water partition coefficient (Wildman–Crippen LogP) is 2.65. The van der Waals surface area contributed by atoms with Crippen LogP contribution in [0.3, 0.4) is 0 Å². The van der Waals surface area contributed by atoms with E-state index in [1.165, 1.54) is 11.3 Å². The molecule has 2 heterocycles. The third-order valence-corrected chi connectivity index (χ3v) is 3.76. The van der Waals surface area contributed by atoms with Gasteiger partial charge in [-0.05, 0) is 24.5 Å². The smallest absolute Gasteiger partial charge is 0.154 e. The molecular weight excluding hydrogens is 236 g/mol. The molecule has 0 saturated heterocycles. The van der Waals surface area contributed by atoms with Crippen molar-refractivity contribution >= 4 is 17.2 Å². The number of para-hydroxylation sites is 1. The van der Waals surface area contributed by atoms with E-state index in [2.05, 4.69) is 41.2 Å². The summed E-state index contributed by atoms with van der Waals surface area (Å²) in [7, 11) is 1.98. The lowest BCUT2D eigenvalue weighted by Crippen LogP contribution is -2.18. The molecule has 0 saturated carbocycles. The van der Waals surface area contributed by atoms with Gasteiger partial charge in [-0.3, -0.25) is 4.68 Å². The number of benzene rings is 1. The second kappa shape index (κ2) is 4.61. The van der Waals surface area contributed by atoms with Crippen molar-refractivity contribution in [1.29, 1.82) is 0 Å². The van der Waals surface area contributed by atoms with E-state index in [-0.39, 0.29) is 0 Å². The van der Waals surface area contributed by atoms with Gasteiger partial charge >= 0.3 is 0 Å². The first kappa shape index (κ1) is 12.1. The molecule has 0 amide bonds. The highest BCUT2D eigenvalue weighted by Crippen LogP contribution is 2.38. The summed E-state index contributed by atoms with van der Waals surface area (Å²) >= 11 is 0. The van der Waals surface area contributed by atoms with Crippen LogP contribution in [-0.4, -0.2) is 16.3 Å². The molecule has 2 N–H and O–H groups in total. The Labute approximate surface area is 113 Å². The molecule has 1 aromatic carbocycles. The first-order valence-corrected chi connectivity index (χ1v) is 6.89. The summed E-state index contributed by atoms with van der Waals surface area (Å²) in [5.74, 6) is 1.04. The summed E-state index contributed by atoms with van der Waals surface area (Å²) < 4.78 is 1.92. The summed E-state index contributed by atoms with van der Waals surface area (Å²) in [6.07, 6.45) is 3.08.